The largest absolute Gasteiger partial charge is 0.496 e. The SMILES string of the molecule is COc1ccc(Cl)cc1C(NN)c1cc(F)cc(F)c1. The van der Waals surface area contributed by atoms with Crippen LogP contribution in [0.2, 0.25) is 5.02 Å². The lowest BCUT2D eigenvalue weighted by Crippen LogP contribution is -2.29. The van der Waals surface area contributed by atoms with Crippen LogP contribution >= 0.6 is 11.6 Å². The Morgan fingerprint density at radius 3 is 2.35 bits per heavy atom. The molecule has 20 heavy (non-hydrogen) atoms. The summed E-state index contributed by atoms with van der Waals surface area (Å²) < 4.78 is 31.9. The van der Waals surface area contributed by atoms with Crippen LogP contribution in [-0.4, -0.2) is 7.11 Å². The fourth-order valence-corrected chi connectivity index (χ4v) is 2.22. The monoisotopic (exact) mass is 298 g/mol. The summed E-state index contributed by atoms with van der Waals surface area (Å²) in [7, 11) is 1.49. The molecule has 0 amide bonds. The summed E-state index contributed by atoms with van der Waals surface area (Å²) in [6, 6.07) is 7.51. The maximum Gasteiger partial charge on any atom is 0.126 e. The van der Waals surface area contributed by atoms with Gasteiger partial charge in [-0.1, -0.05) is 11.6 Å². The zero-order valence-electron chi connectivity index (χ0n) is 10.7. The number of nitrogens with two attached hydrogens (primary N) is 1. The Balaban J connectivity index is 2.54. The van der Waals surface area contributed by atoms with Gasteiger partial charge in [0.1, 0.15) is 17.4 Å². The van der Waals surface area contributed by atoms with Crippen molar-refractivity contribution in [1.29, 1.82) is 0 Å². The van der Waals surface area contributed by atoms with E-state index in [1.807, 2.05) is 0 Å². The molecule has 0 saturated carbocycles. The van der Waals surface area contributed by atoms with Crippen molar-refractivity contribution in [3.63, 3.8) is 0 Å². The molecule has 2 rings (SSSR count). The molecule has 0 aliphatic carbocycles. The Morgan fingerprint density at radius 1 is 1.15 bits per heavy atom. The minimum Gasteiger partial charge on any atom is -0.496 e. The van der Waals surface area contributed by atoms with E-state index in [9.17, 15) is 8.78 Å². The highest BCUT2D eigenvalue weighted by Gasteiger charge is 2.19. The van der Waals surface area contributed by atoms with E-state index < -0.39 is 17.7 Å². The van der Waals surface area contributed by atoms with E-state index in [1.54, 1.807) is 18.2 Å². The van der Waals surface area contributed by atoms with Gasteiger partial charge in [0.2, 0.25) is 0 Å². The molecule has 0 fully saturated rings. The highest BCUT2D eigenvalue weighted by Crippen LogP contribution is 2.32. The minimum atomic E-state index is -0.679. The second-order valence-corrected chi connectivity index (χ2v) is 4.63. The number of hydrogen-bond donors (Lipinski definition) is 2. The number of rotatable bonds is 4. The molecule has 0 aliphatic rings. The molecule has 0 saturated heterocycles. The average molecular weight is 299 g/mol. The molecule has 0 heterocycles. The fourth-order valence-electron chi connectivity index (χ4n) is 2.04. The summed E-state index contributed by atoms with van der Waals surface area (Å²) in [6.45, 7) is 0. The Labute approximate surface area is 120 Å². The number of halogens is 3. The summed E-state index contributed by atoms with van der Waals surface area (Å²) in [5.74, 6) is 4.67. The Hall–Kier alpha value is -1.69. The van der Waals surface area contributed by atoms with E-state index in [2.05, 4.69) is 5.43 Å². The van der Waals surface area contributed by atoms with Crippen molar-refractivity contribution in [1.82, 2.24) is 5.43 Å². The first kappa shape index (κ1) is 14.7. The lowest BCUT2D eigenvalue weighted by molar-refractivity contribution is 0.404. The minimum absolute atomic E-state index is 0.338. The van der Waals surface area contributed by atoms with Crippen LogP contribution in [0.15, 0.2) is 36.4 Å². The van der Waals surface area contributed by atoms with Crippen LogP contribution in [-0.2, 0) is 0 Å². The van der Waals surface area contributed by atoms with Gasteiger partial charge in [0, 0.05) is 16.7 Å². The zero-order chi connectivity index (χ0) is 14.7. The van der Waals surface area contributed by atoms with Gasteiger partial charge in [-0.3, -0.25) is 5.84 Å². The second kappa shape index (κ2) is 6.17. The van der Waals surface area contributed by atoms with E-state index in [-0.39, 0.29) is 0 Å². The van der Waals surface area contributed by atoms with E-state index in [0.29, 0.717) is 21.9 Å². The number of hydrazine groups is 1. The first-order chi connectivity index (χ1) is 9.55. The summed E-state index contributed by atoms with van der Waals surface area (Å²) in [5.41, 5.74) is 3.45. The van der Waals surface area contributed by atoms with Crippen LogP contribution in [0.25, 0.3) is 0 Å². The van der Waals surface area contributed by atoms with Crippen molar-refractivity contribution >= 4 is 11.6 Å². The molecule has 2 aromatic carbocycles. The van der Waals surface area contributed by atoms with Crippen molar-refractivity contribution in [3.05, 3.63) is 64.2 Å². The van der Waals surface area contributed by atoms with Gasteiger partial charge in [-0.2, -0.15) is 0 Å². The van der Waals surface area contributed by atoms with Crippen molar-refractivity contribution < 1.29 is 13.5 Å². The standard InChI is InChI=1S/C14H13ClF2N2O/c1-20-13-3-2-9(15)6-12(13)14(19-18)8-4-10(16)7-11(17)5-8/h2-7,14,19H,18H2,1H3. The van der Waals surface area contributed by atoms with Gasteiger partial charge in [0.25, 0.3) is 0 Å². The van der Waals surface area contributed by atoms with Crippen molar-refractivity contribution in [2.75, 3.05) is 7.11 Å². The van der Waals surface area contributed by atoms with Crippen LogP contribution in [0, 0.1) is 11.6 Å². The van der Waals surface area contributed by atoms with Crippen molar-refractivity contribution in [2.45, 2.75) is 6.04 Å². The average Bonchev–Trinajstić information content (AvgIpc) is 2.39. The smallest absolute Gasteiger partial charge is 0.126 e. The van der Waals surface area contributed by atoms with Gasteiger partial charge < -0.3 is 4.74 Å². The molecule has 0 aliphatic heterocycles. The van der Waals surface area contributed by atoms with Gasteiger partial charge in [-0.05, 0) is 35.9 Å². The number of hydrogen-bond acceptors (Lipinski definition) is 3. The molecule has 1 atom stereocenters. The number of nitrogens with one attached hydrogen (secondary N) is 1. The second-order valence-electron chi connectivity index (χ2n) is 4.19. The number of ether oxygens (including phenoxy) is 1. The molecule has 0 radical (unpaired) electrons. The molecule has 6 heteroatoms. The molecule has 2 aromatic rings. The molecular formula is C14H13ClF2N2O. The first-order valence-corrected chi connectivity index (χ1v) is 6.18. The molecule has 0 spiro atoms. The first-order valence-electron chi connectivity index (χ1n) is 5.80. The quantitative estimate of drug-likeness (QED) is 0.673. The molecular weight excluding hydrogens is 286 g/mol. The summed E-state index contributed by atoms with van der Waals surface area (Å²) in [5, 5.41) is 0.470. The van der Waals surface area contributed by atoms with Crippen LogP contribution in [0.5, 0.6) is 5.75 Å². The Bertz CT molecular complexity index is 602. The molecule has 3 N–H and O–H groups in total. The molecule has 0 aromatic heterocycles. The fraction of sp³-hybridized carbons (Fsp3) is 0.143. The predicted molar refractivity (Wildman–Crippen MR) is 73.5 cm³/mol. The molecule has 1 unspecified atom stereocenters. The summed E-state index contributed by atoms with van der Waals surface area (Å²) >= 11 is 5.95. The molecule has 3 nitrogen and oxygen atoms in total. The Kier molecular flexibility index (Phi) is 4.54. The van der Waals surface area contributed by atoms with E-state index in [0.717, 1.165) is 6.07 Å². The van der Waals surface area contributed by atoms with Gasteiger partial charge in [0.15, 0.2) is 0 Å². The molecule has 106 valence electrons. The lowest BCUT2D eigenvalue weighted by Gasteiger charge is -2.20. The maximum atomic E-state index is 13.3. The highest BCUT2D eigenvalue weighted by atomic mass is 35.5. The van der Waals surface area contributed by atoms with Gasteiger partial charge in [-0.25, -0.2) is 14.2 Å². The van der Waals surface area contributed by atoms with Crippen LogP contribution in [0.3, 0.4) is 0 Å². The Morgan fingerprint density at radius 2 is 1.80 bits per heavy atom. The zero-order valence-corrected chi connectivity index (χ0v) is 11.4. The van der Waals surface area contributed by atoms with Crippen molar-refractivity contribution in [2.24, 2.45) is 5.84 Å². The topological polar surface area (TPSA) is 47.3 Å². The summed E-state index contributed by atoms with van der Waals surface area (Å²) in [4.78, 5) is 0. The third-order valence-corrected chi connectivity index (χ3v) is 3.12. The maximum absolute atomic E-state index is 13.3. The van der Waals surface area contributed by atoms with Crippen LogP contribution in [0.4, 0.5) is 8.78 Å². The normalized spacial score (nSPS) is 12.2. The highest BCUT2D eigenvalue weighted by molar-refractivity contribution is 6.30. The van der Waals surface area contributed by atoms with E-state index >= 15 is 0 Å². The van der Waals surface area contributed by atoms with Crippen LogP contribution in [0.1, 0.15) is 17.2 Å². The van der Waals surface area contributed by atoms with Gasteiger partial charge in [0.05, 0.1) is 13.2 Å². The van der Waals surface area contributed by atoms with Gasteiger partial charge in [-0.15, -0.1) is 0 Å². The molecule has 0 bridgehead atoms. The van der Waals surface area contributed by atoms with Crippen LogP contribution < -0.4 is 16.0 Å². The van der Waals surface area contributed by atoms with Gasteiger partial charge >= 0.3 is 0 Å². The number of benzene rings is 2. The summed E-state index contributed by atoms with van der Waals surface area (Å²) in [6.07, 6.45) is 0. The number of methoxy groups -OCH3 is 1. The van der Waals surface area contributed by atoms with Crippen molar-refractivity contribution in [3.8, 4) is 5.75 Å². The lowest BCUT2D eigenvalue weighted by atomic mass is 9.98. The van der Waals surface area contributed by atoms with E-state index in [1.165, 1.54) is 19.2 Å². The predicted octanol–water partition coefficient (Wildman–Crippen LogP) is 3.18. The third-order valence-electron chi connectivity index (χ3n) is 2.89. The van der Waals surface area contributed by atoms with E-state index in [4.69, 9.17) is 22.2 Å². The third kappa shape index (κ3) is 3.07.